The molecular formula is C16H21O5P. The SMILES string of the molecule is CCOC(=O)C=Cc1ccc(CP=O)c(OCC)c1OCC. The van der Waals surface area contributed by atoms with Crippen LogP contribution in [0.3, 0.4) is 0 Å². The number of ether oxygens (including phenoxy) is 3. The lowest BCUT2D eigenvalue weighted by molar-refractivity contribution is -0.137. The molecule has 1 aromatic carbocycles. The van der Waals surface area contributed by atoms with Crippen LogP contribution in [-0.2, 0) is 20.3 Å². The minimum atomic E-state index is -0.412. The van der Waals surface area contributed by atoms with E-state index in [1.165, 1.54) is 6.08 Å². The van der Waals surface area contributed by atoms with E-state index in [4.69, 9.17) is 14.2 Å². The number of hydrogen-bond acceptors (Lipinski definition) is 5. The zero-order chi connectivity index (χ0) is 16.4. The van der Waals surface area contributed by atoms with Gasteiger partial charge in [0.2, 0.25) is 0 Å². The van der Waals surface area contributed by atoms with Gasteiger partial charge in [0.1, 0.15) is 0 Å². The predicted octanol–water partition coefficient (Wildman–Crippen LogP) is 3.85. The summed E-state index contributed by atoms with van der Waals surface area (Å²) in [6.07, 6.45) is 3.32. The first-order chi connectivity index (χ1) is 10.7. The molecule has 5 nitrogen and oxygen atoms in total. The average Bonchev–Trinajstić information content (AvgIpc) is 2.50. The van der Waals surface area contributed by atoms with E-state index in [2.05, 4.69) is 0 Å². The Bertz CT molecular complexity index is 540. The molecule has 0 bridgehead atoms. The summed E-state index contributed by atoms with van der Waals surface area (Å²) in [4.78, 5) is 11.4. The third-order valence-corrected chi connectivity index (χ3v) is 3.19. The van der Waals surface area contributed by atoms with Crippen LogP contribution in [0.5, 0.6) is 11.5 Å². The average molecular weight is 324 g/mol. The molecule has 0 spiro atoms. The first kappa shape index (κ1) is 18.2. The van der Waals surface area contributed by atoms with Crippen molar-refractivity contribution in [2.24, 2.45) is 0 Å². The minimum absolute atomic E-state index is 0.0125. The smallest absolute Gasteiger partial charge is 0.330 e. The van der Waals surface area contributed by atoms with E-state index in [1.54, 1.807) is 13.0 Å². The standard InChI is InChI=1S/C16H21O5P/c1-4-19-14(17)10-9-12-7-8-13(11-22-18)16(21-6-3)15(12)20-5-2/h7-10H,4-6,11H2,1-3H3. The summed E-state index contributed by atoms with van der Waals surface area (Å²) in [7, 11) is 0.0125. The monoisotopic (exact) mass is 324 g/mol. The molecule has 0 unspecified atom stereocenters. The van der Waals surface area contributed by atoms with Gasteiger partial charge in [0.15, 0.2) is 20.0 Å². The van der Waals surface area contributed by atoms with Gasteiger partial charge in [-0.3, -0.25) is 4.57 Å². The van der Waals surface area contributed by atoms with Crippen LogP contribution in [-0.4, -0.2) is 25.8 Å². The van der Waals surface area contributed by atoms with Crippen molar-refractivity contribution in [2.75, 3.05) is 19.8 Å². The molecule has 0 aliphatic carbocycles. The van der Waals surface area contributed by atoms with Gasteiger partial charge < -0.3 is 14.2 Å². The van der Waals surface area contributed by atoms with E-state index >= 15 is 0 Å². The third-order valence-electron chi connectivity index (χ3n) is 2.72. The molecule has 0 amide bonds. The number of carbonyl (C=O) groups is 1. The summed E-state index contributed by atoms with van der Waals surface area (Å²) in [5.74, 6) is 0.704. The molecule has 0 fully saturated rings. The van der Waals surface area contributed by atoms with Crippen LogP contribution in [0.4, 0.5) is 0 Å². The Kier molecular flexibility index (Phi) is 8.23. The number of esters is 1. The molecule has 0 N–H and O–H groups in total. The zero-order valence-electron chi connectivity index (χ0n) is 13.1. The molecule has 1 aromatic rings. The van der Waals surface area contributed by atoms with Gasteiger partial charge in [0, 0.05) is 17.2 Å². The summed E-state index contributed by atoms with van der Waals surface area (Å²) in [6, 6.07) is 3.63. The van der Waals surface area contributed by atoms with Crippen LogP contribution in [0.1, 0.15) is 31.9 Å². The molecule has 0 saturated heterocycles. The van der Waals surface area contributed by atoms with E-state index in [0.29, 0.717) is 43.0 Å². The maximum absolute atomic E-state index is 11.4. The Morgan fingerprint density at radius 2 is 1.77 bits per heavy atom. The van der Waals surface area contributed by atoms with Crippen LogP contribution >= 0.6 is 8.46 Å². The van der Waals surface area contributed by atoms with Crippen LogP contribution in [0, 0.1) is 0 Å². The molecule has 0 aliphatic rings. The summed E-state index contributed by atoms with van der Waals surface area (Å²) >= 11 is 0. The lowest BCUT2D eigenvalue weighted by Gasteiger charge is -2.16. The van der Waals surface area contributed by atoms with Gasteiger partial charge in [0.25, 0.3) is 0 Å². The highest BCUT2D eigenvalue weighted by atomic mass is 31.1. The van der Waals surface area contributed by atoms with Crippen LogP contribution in [0.15, 0.2) is 18.2 Å². The quantitative estimate of drug-likeness (QED) is 0.392. The predicted molar refractivity (Wildman–Crippen MR) is 85.8 cm³/mol. The lowest BCUT2D eigenvalue weighted by atomic mass is 10.1. The number of rotatable bonds is 9. The van der Waals surface area contributed by atoms with E-state index in [-0.39, 0.29) is 8.46 Å². The van der Waals surface area contributed by atoms with Crippen molar-refractivity contribution in [3.8, 4) is 11.5 Å². The van der Waals surface area contributed by atoms with E-state index in [9.17, 15) is 9.36 Å². The lowest BCUT2D eigenvalue weighted by Crippen LogP contribution is -2.03. The number of benzene rings is 1. The molecule has 0 aromatic heterocycles. The second kappa shape index (κ2) is 9.96. The molecule has 22 heavy (non-hydrogen) atoms. The van der Waals surface area contributed by atoms with Crippen LogP contribution in [0.25, 0.3) is 6.08 Å². The fourth-order valence-electron chi connectivity index (χ4n) is 1.89. The highest BCUT2D eigenvalue weighted by molar-refractivity contribution is 7.22. The van der Waals surface area contributed by atoms with E-state index < -0.39 is 5.97 Å². The van der Waals surface area contributed by atoms with Gasteiger partial charge in [0.05, 0.1) is 26.0 Å². The maximum Gasteiger partial charge on any atom is 0.330 e. The Hall–Kier alpha value is -1.87. The van der Waals surface area contributed by atoms with Crippen molar-refractivity contribution in [1.29, 1.82) is 0 Å². The second-order valence-electron chi connectivity index (χ2n) is 4.21. The van der Waals surface area contributed by atoms with Crippen molar-refractivity contribution >= 4 is 20.5 Å². The third kappa shape index (κ3) is 5.15. The molecule has 0 heterocycles. The fourth-order valence-corrected chi connectivity index (χ4v) is 2.28. The highest BCUT2D eigenvalue weighted by Gasteiger charge is 2.15. The van der Waals surface area contributed by atoms with Crippen molar-refractivity contribution in [3.63, 3.8) is 0 Å². The highest BCUT2D eigenvalue weighted by Crippen LogP contribution is 2.37. The zero-order valence-corrected chi connectivity index (χ0v) is 14.0. The molecule has 6 heteroatoms. The van der Waals surface area contributed by atoms with Gasteiger partial charge >= 0.3 is 5.97 Å². The summed E-state index contributed by atoms with van der Waals surface area (Å²) in [5.41, 5.74) is 1.51. The second-order valence-corrected chi connectivity index (χ2v) is 4.79. The molecular weight excluding hydrogens is 303 g/mol. The molecule has 1 rings (SSSR count). The van der Waals surface area contributed by atoms with Crippen molar-refractivity contribution in [2.45, 2.75) is 26.9 Å². The summed E-state index contributed by atoms with van der Waals surface area (Å²) < 4.78 is 27.1. The maximum atomic E-state index is 11.4. The Morgan fingerprint density at radius 1 is 1.09 bits per heavy atom. The van der Waals surface area contributed by atoms with Crippen molar-refractivity contribution < 1.29 is 23.6 Å². The Morgan fingerprint density at radius 3 is 2.36 bits per heavy atom. The summed E-state index contributed by atoms with van der Waals surface area (Å²) in [6.45, 7) is 6.74. The van der Waals surface area contributed by atoms with E-state index in [1.807, 2.05) is 26.0 Å². The van der Waals surface area contributed by atoms with Gasteiger partial charge in [-0.2, -0.15) is 0 Å². The van der Waals surface area contributed by atoms with E-state index in [0.717, 1.165) is 5.56 Å². The Balaban J connectivity index is 3.23. The van der Waals surface area contributed by atoms with Gasteiger partial charge in [-0.25, -0.2) is 4.79 Å². The van der Waals surface area contributed by atoms with Crippen LogP contribution < -0.4 is 9.47 Å². The summed E-state index contributed by atoms with van der Waals surface area (Å²) in [5, 5.41) is 0. The molecule has 0 saturated carbocycles. The first-order valence-corrected chi connectivity index (χ1v) is 8.23. The minimum Gasteiger partial charge on any atom is -0.490 e. The Labute approximate surface area is 132 Å². The van der Waals surface area contributed by atoms with Gasteiger partial charge in [-0.05, 0) is 26.8 Å². The first-order valence-electron chi connectivity index (χ1n) is 7.23. The molecule has 0 atom stereocenters. The molecule has 0 radical (unpaired) electrons. The normalized spacial score (nSPS) is 10.9. The van der Waals surface area contributed by atoms with Crippen molar-refractivity contribution in [3.05, 3.63) is 29.3 Å². The molecule has 120 valence electrons. The largest absolute Gasteiger partial charge is 0.490 e. The number of carbonyl (C=O) groups excluding carboxylic acids is 1. The van der Waals surface area contributed by atoms with Gasteiger partial charge in [-0.1, -0.05) is 12.1 Å². The number of hydrogen-bond donors (Lipinski definition) is 0. The fraction of sp³-hybridized carbons (Fsp3) is 0.438. The van der Waals surface area contributed by atoms with Crippen LogP contribution in [0.2, 0.25) is 0 Å². The van der Waals surface area contributed by atoms with Gasteiger partial charge in [-0.15, -0.1) is 0 Å². The van der Waals surface area contributed by atoms with Crippen molar-refractivity contribution in [1.82, 2.24) is 0 Å². The topological polar surface area (TPSA) is 61.8 Å². The molecule has 0 aliphatic heterocycles.